The predicted molar refractivity (Wildman–Crippen MR) is 99.6 cm³/mol. The number of benzene rings is 2. The zero-order valence-electron chi connectivity index (χ0n) is 14.1. The molecule has 0 bridgehead atoms. The van der Waals surface area contributed by atoms with Gasteiger partial charge in [-0.05, 0) is 43.2 Å². The van der Waals surface area contributed by atoms with Crippen molar-refractivity contribution in [3.8, 4) is 11.5 Å². The van der Waals surface area contributed by atoms with Crippen LogP contribution in [0.25, 0.3) is 0 Å². The number of halogens is 1. The van der Waals surface area contributed by atoms with Crippen molar-refractivity contribution in [1.82, 2.24) is 4.31 Å². The number of sulfonamides is 1. The van der Waals surface area contributed by atoms with Crippen LogP contribution in [0, 0.1) is 0 Å². The summed E-state index contributed by atoms with van der Waals surface area (Å²) in [5, 5.41) is 0. The van der Waals surface area contributed by atoms with Crippen LogP contribution >= 0.6 is 15.9 Å². The summed E-state index contributed by atoms with van der Waals surface area (Å²) < 4.78 is 39.3. The highest BCUT2D eigenvalue weighted by molar-refractivity contribution is 9.10. The largest absolute Gasteiger partial charge is 0.497 e. The van der Waals surface area contributed by atoms with Crippen molar-refractivity contribution in [3.63, 3.8) is 0 Å². The van der Waals surface area contributed by atoms with Gasteiger partial charge in [-0.2, -0.15) is 4.31 Å². The van der Waals surface area contributed by atoms with Gasteiger partial charge >= 0.3 is 0 Å². The van der Waals surface area contributed by atoms with E-state index in [1.807, 2.05) is 12.1 Å². The standard InChI is InChI=1S/C18H20BrNO4S/c1-23-14-7-10-16(18(12-14)24-2)17-4-3-11-20(17)25(21,22)15-8-5-13(19)6-9-15/h5-10,12,17H,3-4,11H2,1-2H3/t17-/m1/s1. The first-order valence-corrected chi connectivity index (χ1v) is 10.2. The Bertz CT molecular complexity index is 852. The number of nitrogens with zero attached hydrogens (tertiary/aromatic N) is 1. The first kappa shape index (κ1) is 18.2. The zero-order valence-corrected chi connectivity index (χ0v) is 16.5. The summed E-state index contributed by atoms with van der Waals surface area (Å²) in [6, 6.07) is 12.0. The minimum atomic E-state index is -3.57. The van der Waals surface area contributed by atoms with Crippen LogP contribution in [0.5, 0.6) is 11.5 Å². The van der Waals surface area contributed by atoms with Gasteiger partial charge in [0.05, 0.1) is 25.2 Å². The van der Waals surface area contributed by atoms with Crippen LogP contribution in [0.3, 0.4) is 0 Å². The summed E-state index contributed by atoms with van der Waals surface area (Å²) in [7, 11) is -0.392. The van der Waals surface area contributed by atoms with Crippen LogP contribution in [0.2, 0.25) is 0 Å². The topological polar surface area (TPSA) is 55.8 Å². The molecule has 0 radical (unpaired) electrons. The van der Waals surface area contributed by atoms with Crippen molar-refractivity contribution >= 4 is 26.0 Å². The summed E-state index contributed by atoms with van der Waals surface area (Å²) in [6.45, 7) is 0.498. The van der Waals surface area contributed by atoms with Gasteiger partial charge in [-0.25, -0.2) is 8.42 Å². The summed E-state index contributed by atoms with van der Waals surface area (Å²) in [5.74, 6) is 1.32. The normalized spacial score (nSPS) is 18.3. The lowest BCUT2D eigenvalue weighted by atomic mass is 10.0. The van der Waals surface area contributed by atoms with Gasteiger partial charge in [0.2, 0.25) is 10.0 Å². The molecule has 25 heavy (non-hydrogen) atoms. The third kappa shape index (κ3) is 3.54. The predicted octanol–water partition coefficient (Wildman–Crippen LogP) is 3.99. The molecule has 1 heterocycles. The fourth-order valence-electron chi connectivity index (χ4n) is 3.17. The lowest BCUT2D eigenvalue weighted by Crippen LogP contribution is -2.30. The van der Waals surface area contributed by atoms with Crippen LogP contribution < -0.4 is 9.47 Å². The van der Waals surface area contributed by atoms with Crippen LogP contribution in [0.1, 0.15) is 24.4 Å². The highest BCUT2D eigenvalue weighted by Crippen LogP contribution is 2.41. The van der Waals surface area contributed by atoms with Crippen molar-refractivity contribution < 1.29 is 17.9 Å². The molecule has 1 fully saturated rings. The molecular weight excluding hydrogens is 406 g/mol. The quantitative estimate of drug-likeness (QED) is 0.726. The molecule has 0 unspecified atom stereocenters. The number of ether oxygens (including phenoxy) is 2. The first-order valence-electron chi connectivity index (χ1n) is 7.96. The number of hydrogen-bond donors (Lipinski definition) is 0. The van der Waals surface area contributed by atoms with Crippen molar-refractivity contribution in [2.45, 2.75) is 23.8 Å². The Hall–Kier alpha value is -1.57. The minimum Gasteiger partial charge on any atom is -0.497 e. The van der Waals surface area contributed by atoms with Gasteiger partial charge in [0, 0.05) is 22.6 Å². The molecule has 0 N–H and O–H groups in total. The summed E-state index contributed by atoms with van der Waals surface area (Å²) in [5.41, 5.74) is 0.862. The van der Waals surface area contributed by atoms with Gasteiger partial charge in [-0.3, -0.25) is 0 Å². The summed E-state index contributed by atoms with van der Waals surface area (Å²) in [6.07, 6.45) is 1.58. The van der Waals surface area contributed by atoms with Crippen LogP contribution in [-0.4, -0.2) is 33.5 Å². The van der Waals surface area contributed by atoms with E-state index in [4.69, 9.17) is 9.47 Å². The average Bonchev–Trinajstić information content (AvgIpc) is 3.12. The molecular formula is C18H20BrNO4S. The van der Waals surface area contributed by atoms with E-state index < -0.39 is 10.0 Å². The summed E-state index contributed by atoms with van der Waals surface area (Å²) >= 11 is 3.34. The van der Waals surface area contributed by atoms with Crippen molar-refractivity contribution in [3.05, 3.63) is 52.5 Å². The van der Waals surface area contributed by atoms with Crippen LogP contribution in [0.4, 0.5) is 0 Å². The van der Waals surface area contributed by atoms with E-state index in [0.717, 1.165) is 22.9 Å². The maximum absolute atomic E-state index is 13.1. The molecule has 2 aromatic carbocycles. The molecule has 1 aliphatic rings. The Morgan fingerprint density at radius 2 is 1.80 bits per heavy atom. The SMILES string of the molecule is COc1ccc([C@H]2CCCN2S(=O)(=O)c2ccc(Br)cc2)c(OC)c1. The maximum Gasteiger partial charge on any atom is 0.243 e. The highest BCUT2D eigenvalue weighted by atomic mass is 79.9. The highest BCUT2D eigenvalue weighted by Gasteiger charge is 2.37. The molecule has 0 saturated carbocycles. The molecule has 5 nitrogen and oxygen atoms in total. The van der Waals surface area contributed by atoms with E-state index in [1.165, 1.54) is 0 Å². The molecule has 1 aliphatic heterocycles. The van der Waals surface area contributed by atoms with E-state index in [0.29, 0.717) is 22.9 Å². The molecule has 2 aromatic rings. The second kappa shape index (κ2) is 7.35. The van der Waals surface area contributed by atoms with Gasteiger partial charge in [0.15, 0.2) is 0 Å². The molecule has 3 rings (SSSR count). The smallest absolute Gasteiger partial charge is 0.243 e. The van der Waals surface area contributed by atoms with E-state index in [1.54, 1.807) is 48.9 Å². The third-order valence-corrected chi connectivity index (χ3v) is 6.87. The number of methoxy groups -OCH3 is 2. The van der Waals surface area contributed by atoms with Gasteiger partial charge in [-0.15, -0.1) is 0 Å². The maximum atomic E-state index is 13.1. The Kier molecular flexibility index (Phi) is 5.36. The van der Waals surface area contributed by atoms with Crippen LogP contribution in [0.15, 0.2) is 51.8 Å². The van der Waals surface area contributed by atoms with Crippen LogP contribution in [-0.2, 0) is 10.0 Å². The fourth-order valence-corrected chi connectivity index (χ4v) is 5.11. The molecule has 1 saturated heterocycles. The average molecular weight is 426 g/mol. The van der Waals surface area contributed by atoms with Gasteiger partial charge < -0.3 is 9.47 Å². The van der Waals surface area contributed by atoms with Crippen molar-refractivity contribution in [2.75, 3.05) is 20.8 Å². The Labute approximate surface area is 156 Å². The van der Waals surface area contributed by atoms with Gasteiger partial charge in [-0.1, -0.05) is 22.0 Å². The molecule has 1 atom stereocenters. The fraction of sp³-hybridized carbons (Fsp3) is 0.333. The lowest BCUT2D eigenvalue weighted by molar-refractivity contribution is 0.361. The Balaban J connectivity index is 1.99. The molecule has 0 aliphatic carbocycles. The van der Waals surface area contributed by atoms with E-state index in [2.05, 4.69) is 15.9 Å². The minimum absolute atomic E-state index is 0.241. The van der Waals surface area contributed by atoms with Crippen molar-refractivity contribution in [2.24, 2.45) is 0 Å². The van der Waals surface area contributed by atoms with E-state index in [9.17, 15) is 8.42 Å². The lowest BCUT2D eigenvalue weighted by Gasteiger charge is -2.26. The zero-order chi connectivity index (χ0) is 18.0. The molecule has 0 spiro atoms. The second-order valence-corrected chi connectivity index (χ2v) is 8.64. The van der Waals surface area contributed by atoms with Crippen molar-refractivity contribution in [1.29, 1.82) is 0 Å². The van der Waals surface area contributed by atoms with E-state index >= 15 is 0 Å². The van der Waals surface area contributed by atoms with Gasteiger partial charge in [0.1, 0.15) is 11.5 Å². The molecule has 134 valence electrons. The molecule has 0 aromatic heterocycles. The molecule has 0 amide bonds. The number of rotatable bonds is 5. The monoisotopic (exact) mass is 425 g/mol. The van der Waals surface area contributed by atoms with Gasteiger partial charge in [0.25, 0.3) is 0 Å². The van der Waals surface area contributed by atoms with E-state index in [-0.39, 0.29) is 6.04 Å². The Morgan fingerprint density at radius 1 is 1.08 bits per heavy atom. The first-order chi connectivity index (χ1) is 12.0. The Morgan fingerprint density at radius 3 is 2.44 bits per heavy atom. The second-order valence-electron chi connectivity index (χ2n) is 5.84. The summed E-state index contributed by atoms with van der Waals surface area (Å²) in [4.78, 5) is 0.301. The molecule has 7 heteroatoms. The third-order valence-electron chi connectivity index (χ3n) is 4.42. The number of hydrogen-bond acceptors (Lipinski definition) is 4.